The minimum absolute atomic E-state index is 0.210. The third kappa shape index (κ3) is 1.56. The van der Waals surface area contributed by atoms with Crippen LogP contribution < -0.4 is 4.90 Å². The van der Waals surface area contributed by atoms with Crippen molar-refractivity contribution in [3.63, 3.8) is 0 Å². The molecule has 1 heterocycles. The SMILES string of the molecule is O=C1CCCN1c1ccccc1S. The van der Waals surface area contributed by atoms with Crippen molar-refractivity contribution in [1.82, 2.24) is 0 Å². The second kappa shape index (κ2) is 3.42. The highest BCUT2D eigenvalue weighted by Crippen LogP contribution is 2.27. The lowest BCUT2D eigenvalue weighted by Crippen LogP contribution is -2.23. The van der Waals surface area contributed by atoms with Gasteiger partial charge in [-0.15, -0.1) is 12.6 Å². The van der Waals surface area contributed by atoms with Crippen molar-refractivity contribution in [3.05, 3.63) is 24.3 Å². The molecule has 0 N–H and O–H groups in total. The van der Waals surface area contributed by atoms with E-state index in [1.807, 2.05) is 29.2 Å². The van der Waals surface area contributed by atoms with Crippen molar-refractivity contribution in [1.29, 1.82) is 0 Å². The lowest BCUT2D eigenvalue weighted by molar-refractivity contribution is -0.117. The van der Waals surface area contributed by atoms with Crippen LogP contribution in [0.5, 0.6) is 0 Å². The Hall–Kier alpha value is -0.960. The number of amides is 1. The molecule has 0 aromatic heterocycles. The first kappa shape index (κ1) is 8.63. The maximum absolute atomic E-state index is 11.4. The van der Waals surface area contributed by atoms with E-state index < -0.39 is 0 Å². The number of nitrogens with zero attached hydrogens (tertiary/aromatic N) is 1. The van der Waals surface area contributed by atoms with Gasteiger partial charge in [0, 0.05) is 17.9 Å². The maximum atomic E-state index is 11.4. The van der Waals surface area contributed by atoms with Gasteiger partial charge in [-0.3, -0.25) is 4.79 Å². The summed E-state index contributed by atoms with van der Waals surface area (Å²) in [6.07, 6.45) is 1.63. The number of hydrogen-bond acceptors (Lipinski definition) is 2. The molecule has 0 atom stereocenters. The second-order valence-electron chi connectivity index (χ2n) is 3.14. The first-order valence-electron chi connectivity index (χ1n) is 4.37. The van der Waals surface area contributed by atoms with Crippen LogP contribution in [0, 0.1) is 0 Å². The monoisotopic (exact) mass is 193 g/mol. The highest BCUT2D eigenvalue weighted by atomic mass is 32.1. The fraction of sp³-hybridized carbons (Fsp3) is 0.300. The average Bonchev–Trinajstić information content (AvgIpc) is 2.52. The van der Waals surface area contributed by atoms with Crippen LogP contribution in [0.2, 0.25) is 0 Å². The molecular weight excluding hydrogens is 182 g/mol. The van der Waals surface area contributed by atoms with Gasteiger partial charge in [0.15, 0.2) is 0 Å². The molecule has 0 spiro atoms. The molecule has 0 radical (unpaired) electrons. The van der Waals surface area contributed by atoms with Gasteiger partial charge in [-0.1, -0.05) is 12.1 Å². The molecule has 1 aromatic carbocycles. The number of hydrogen-bond donors (Lipinski definition) is 1. The van der Waals surface area contributed by atoms with Crippen molar-refractivity contribution in [2.24, 2.45) is 0 Å². The molecule has 1 amide bonds. The van der Waals surface area contributed by atoms with Gasteiger partial charge in [-0.25, -0.2) is 0 Å². The summed E-state index contributed by atoms with van der Waals surface area (Å²) < 4.78 is 0. The van der Waals surface area contributed by atoms with Crippen molar-refractivity contribution in [2.45, 2.75) is 17.7 Å². The van der Waals surface area contributed by atoms with E-state index in [1.165, 1.54) is 0 Å². The van der Waals surface area contributed by atoms with Crippen LogP contribution in [-0.4, -0.2) is 12.5 Å². The molecule has 13 heavy (non-hydrogen) atoms. The average molecular weight is 193 g/mol. The molecule has 3 heteroatoms. The Bertz CT molecular complexity index is 337. The van der Waals surface area contributed by atoms with Crippen LogP contribution in [-0.2, 0) is 4.79 Å². The Morgan fingerprint density at radius 3 is 2.69 bits per heavy atom. The third-order valence-electron chi connectivity index (χ3n) is 2.25. The van der Waals surface area contributed by atoms with Crippen molar-refractivity contribution in [3.8, 4) is 0 Å². The highest BCUT2D eigenvalue weighted by Gasteiger charge is 2.22. The number of thiol groups is 1. The van der Waals surface area contributed by atoms with Gasteiger partial charge in [-0.2, -0.15) is 0 Å². The normalized spacial score (nSPS) is 16.7. The topological polar surface area (TPSA) is 20.3 Å². The molecule has 0 unspecified atom stereocenters. The summed E-state index contributed by atoms with van der Waals surface area (Å²) in [4.78, 5) is 14.1. The lowest BCUT2D eigenvalue weighted by Gasteiger charge is -2.17. The number of benzene rings is 1. The Morgan fingerprint density at radius 2 is 2.08 bits per heavy atom. The van der Waals surface area contributed by atoms with E-state index in [-0.39, 0.29) is 5.91 Å². The Kier molecular flexibility index (Phi) is 2.27. The number of para-hydroxylation sites is 1. The number of carbonyl (C=O) groups excluding carboxylic acids is 1. The molecule has 2 rings (SSSR count). The van der Waals surface area contributed by atoms with E-state index in [1.54, 1.807) is 0 Å². The quantitative estimate of drug-likeness (QED) is 0.677. The largest absolute Gasteiger partial charge is 0.311 e. The summed E-state index contributed by atoms with van der Waals surface area (Å²) in [6, 6.07) is 7.70. The smallest absolute Gasteiger partial charge is 0.227 e. The van der Waals surface area contributed by atoms with Crippen LogP contribution >= 0.6 is 12.6 Å². The summed E-state index contributed by atoms with van der Waals surface area (Å²) in [5, 5.41) is 0. The molecule has 0 bridgehead atoms. The first-order chi connectivity index (χ1) is 6.29. The maximum Gasteiger partial charge on any atom is 0.227 e. The van der Waals surface area contributed by atoms with E-state index in [0.29, 0.717) is 6.42 Å². The van der Waals surface area contributed by atoms with Gasteiger partial charge in [-0.05, 0) is 18.6 Å². The minimum Gasteiger partial charge on any atom is -0.311 e. The molecule has 1 saturated heterocycles. The summed E-state index contributed by atoms with van der Waals surface area (Å²) in [5.41, 5.74) is 0.938. The standard InChI is InChI=1S/C10H11NOS/c12-10-6-3-7-11(10)8-4-1-2-5-9(8)13/h1-2,4-5,13H,3,6-7H2. The molecule has 0 saturated carbocycles. The van der Waals surface area contributed by atoms with Crippen LogP contribution in [0.15, 0.2) is 29.2 Å². The van der Waals surface area contributed by atoms with Crippen molar-refractivity contribution >= 4 is 24.2 Å². The van der Waals surface area contributed by atoms with Gasteiger partial charge in [0.25, 0.3) is 0 Å². The highest BCUT2D eigenvalue weighted by molar-refractivity contribution is 7.80. The van der Waals surface area contributed by atoms with Gasteiger partial charge in [0.1, 0.15) is 0 Å². The zero-order valence-corrected chi connectivity index (χ0v) is 8.13. The zero-order chi connectivity index (χ0) is 9.26. The second-order valence-corrected chi connectivity index (χ2v) is 3.62. The van der Waals surface area contributed by atoms with E-state index in [0.717, 1.165) is 23.5 Å². The van der Waals surface area contributed by atoms with Crippen LogP contribution in [0.4, 0.5) is 5.69 Å². The molecule has 1 fully saturated rings. The summed E-state index contributed by atoms with van der Waals surface area (Å²) >= 11 is 4.32. The summed E-state index contributed by atoms with van der Waals surface area (Å²) in [5.74, 6) is 0.210. The lowest BCUT2D eigenvalue weighted by atomic mass is 10.3. The first-order valence-corrected chi connectivity index (χ1v) is 4.82. The number of rotatable bonds is 1. The number of anilines is 1. The van der Waals surface area contributed by atoms with Gasteiger partial charge in [0.05, 0.1) is 5.69 Å². The van der Waals surface area contributed by atoms with E-state index in [2.05, 4.69) is 12.6 Å². The molecule has 1 aromatic rings. The van der Waals surface area contributed by atoms with Crippen molar-refractivity contribution < 1.29 is 4.79 Å². The van der Waals surface area contributed by atoms with Gasteiger partial charge >= 0.3 is 0 Å². The molecular formula is C10H11NOS. The minimum atomic E-state index is 0.210. The molecule has 1 aliphatic rings. The molecule has 0 aliphatic carbocycles. The molecule has 68 valence electrons. The predicted molar refractivity (Wildman–Crippen MR) is 55.3 cm³/mol. The summed E-state index contributed by atoms with van der Waals surface area (Å²) in [7, 11) is 0. The van der Waals surface area contributed by atoms with Gasteiger partial charge < -0.3 is 4.90 Å². The number of carbonyl (C=O) groups is 1. The fourth-order valence-electron chi connectivity index (χ4n) is 1.60. The Morgan fingerprint density at radius 1 is 1.31 bits per heavy atom. The van der Waals surface area contributed by atoms with E-state index in [4.69, 9.17) is 0 Å². The Labute approximate surface area is 83.0 Å². The van der Waals surface area contributed by atoms with Gasteiger partial charge in [0.2, 0.25) is 5.91 Å². The van der Waals surface area contributed by atoms with Crippen LogP contribution in [0.3, 0.4) is 0 Å². The van der Waals surface area contributed by atoms with Crippen LogP contribution in [0.25, 0.3) is 0 Å². The molecule has 2 nitrogen and oxygen atoms in total. The van der Waals surface area contributed by atoms with E-state index >= 15 is 0 Å². The fourth-order valence-corrected chi connectivity index (χ4v) is 1.88. The molecule has 1 aliphatic heterocycles. The van der Waals surface area contributed by atoms with Crippen molar-refractivity contribution in [2.75, 3.05) is 11.4 Å². The predicted octanol–water partition coefficient (Wildman–Crippen LogP) is 2.10. The zero-order valence-electron chi connectivity index (χ0n) is 7.23. The van der Waals surface area contributed by atoms with Crippen LogP contribution in [0.1, 0.15) is 12.8 Å². The summed E-state index contributed by atoms with van der Waals surface area (Å²) in [6.45, 7) is 0.830. The van der Waals surface area contributed by atoms with E-state index in [9.17, 15) is 4.79 Å². The Balaban J connectivity index is 2.34. The third-order valence-corrected chi connectivity index (χ3v) is 2.62.